The maximum atomic E-state index is 13.7. The molecule has 0 bridgehead atoms. The molecule has 1 aliphatic heterocycles. The van der Waals surface area contributed by atoms with Crippen LogP contribution < -0.4 is 10.2 Å². The van der Waals surface area contributed by atoms with Gasteiger partial charge in [-0.2, -0.15) is 0 Å². The Kier molecular flexibility index (Phi) is 7.31. The Balaban J connectivity index is 2.14. The summed E-state index contributed by atoms with van der Waals surface area (Å²) >= 11 is 0. The van der Waals surface area contributed by atoms with Gasteiger partial charge < -0.3 is 20.2 Å². The van der Waals surface area contributed by atoms with E-state index >= 15 is 0 Å². The van der Waals surface area contributed by atoms with E-state index in [1.54, 1.807) is 11.0 Å². The number of benzene rings is 1. The number of halogens is 1. The van der Waals surface area contributed by atoms with E-state index in [1.165, 1.54) is 18.6 Å². The molecule has 1 aliphatic rings. The van der Waals surface area contributed by atoms with Crippen molar-refractivity contribution in [1.82, 2.24) is 4.90 Å². The van der Waals surface area contributed by atoms with E-state index in [2.05, 4.69) is 17.1 Å². The maximum absolute atomic E-state index is 13.7. The standard InChI is InChI=1S/C18H28FN3O2/c1-2-3-9-22(12-13-23)18(24)20-16-14-15(19)7-8-17(16)21-10-5-4-6-11-21/h7-8,14,23H,2-6,9-13H2,1H3,(H,20,24). The highest BCUT2D eigenvalue weighted by Gasteiger charge is 2.19. The molecule has 5 nitrogen and oxygen atoms in total. The lowest BCUT2D eigenvalue weighted by Crippen LogP contribution is -2.38. The van der Waals surface area contributed by atoms with Crippen LogP contribution in [0.5, 0.6) is 0 Å². The lowest BCUT2D eigenvalue weighted by Gasteiger charge is -2.31. The van der Waals surface area contributed by atoms with E-state index in [9.17, 15) is 9.18 Å². The molecule has 1 aromatic carbocycles. The first-order valence-corrected chi connectivity index (χ1v) is 8.87. The van der Waals surface area contributed by atoms with Gasteiger partial charge in [-0.1, -0.05) is 13.3 Å². The lowest BCUT2D eigenvalue weighted by molar-refractivity contribution is 0.187. The zero-order chi connectivity index (χ0) is 17.4. The van der Waals surface area contributed by atoms with Gasteiger partial charge in [0.15, 0.2) is 0 Å². The first-order chi connectivity index (χ1) is 11.7. The lowest BCUT2D eigenvalue weighted by atomic mass is 10.1. The van der Waals surface area contributed by atoms with Crippen molar-refractivity contribution in [2.24, 2.45) is 0 Å². The molecule has 1 heterocycles. The number of hydrogen-bond acceptors (Lipinski definition) is 3. The summed E-state index contributed by atoms with van der Waals surface area (Å²) in [4.78, 5) is 16.3. The van der Waals surface area contributed by atoms with Crippen LogP contribution in [0.4, 0.5) is 20.6 Å². The fourth-order valence-electron chi connectivity index (χ4n) is 3.00. The van der Waals surface area contributed by atoms with Crippen LogP contribution in [0.1, 0.15) is 39.0 Å². The van der Waals surface area contributed by atoms with Crippen LogP contribution in [0, 0.1) is 5.82 Å². The minimum Gasteiger partial charge on any atom is -0.395 e. The number of aliphatic hydroxyl groups is 1. The monoisotopic (exact) mass is 337 g/mol. The number of amides is 2. The van der Waals surface area contributed by atoms with Gasteiger partial charge in [-0.3, -0.25) is 0 Å². The molecule has 0 atom stereocenters. The molecule has 0 aromatic heterocycles. The van der Waals surface area contributed by atoms with E-state index in [-0.39, 0.29) is 25.0 Å². The molecule has 134 valence electrons. The number of carbonyl (C=O) groups is 1. The zero-order valence-electron chi connectivity index (χ0n) is 14.4. The highest BCUT2D eigenvalue weighted by atomic mass is 19.1. The number of urea groups is 1. The number of carbonyl (C=O) groups excluding carboxylic acids is 1. The third-order valence-corrected chi connectivity index (χ3v) is 4.34. The van der Waals surface area contributed by atoms with Crippen molar-refractivity contribution in [3.63, 3.8) is 0 Å². The second-order valence-electron chi connectivity index (χ2n) is 6.20. The summed E-state index contributed by atoms with van der Waals surface area (Å²) in [5.41, 5.74) is 1.37. The van der Waals surface area contributed by atoms with Gasteiger partial charge in [0.1, 0.15) is 5.82 Å². The normalized spacial score (nSPS) is 14.5. The summed E-state index contributed by atoms with van der Waals surface area (Å²) in [6, 6.07) is 4.25. The third-order valence-electron chi connectivity index (χ3n) is 4.34. The van der Waals surface area contributed by atoms with Crippen LogP contribution in [0.3, 0.4) is 0 Å². The Hall–Kier alpha value is -1.82. The van der Waals surface area contributed by atoms with Gasteiger partial charge in [-0.25, -0.2) is 9.18 Å². The number of unbranched alkanes of at least 4 members (excludes halogenated alkanes) is 1. The Morgan fingerprint density at radius 3 is 2.71 bits per heavy atom. The number of anilines is 2. The van der Waals surface area contributed by atoms with E-state index in [1.807, 2.05) is 0 Å². The minimum absolute atomic E-state index is 0.0841. The van der Waals surface area contributed by atoms with Crippen molar-refractivity contribution in [1.29, 1.82) is 0 Å². The average Bonchev–Trinajstić information content (AvgIpc) is 2.59. The number of nitrogens with one attached hydrogen (secondary N) is 1. The molecule has 0 spiro atoms. The first-order valence-electron chi connectivity index (χ1n) is 8.87. The highest BCUT2D eigenvalue weighted by Crippen LogP contribution is 2.29. The fourth-order valence-corrected chi connectivity index (χ4v) is 3.00. The Bertz CT molecular complexity index is 533. The summed E-state index contributed by atoms with van der Waals surface area (Å²) < 4.78 is 13.7. The van der Waals surface area contributed by atoms with Crippen LogP contribution >= 0.6 is 0 Å². The summed E-state index contributed by atoms with van der Waals surface area (Å²) in [6.07, 6.45) is 5.26. The number of nitrogens with zero attached hydrogens (tertiary/aromatic N) is 2. The molecule has 2 amide bonds. The van der Waals surface area contributed by atoms with Crippen LogP contribution in [0.2, 0.25) is 0 Å². The van der Waals surface area contributed by atoms with E-state index in [4.69, 9.17) is 5.11 Å². The average molecular weight is 337 g/mol. The van der Waals surface area contributed by atoms with Crippen LogP contribution in [0.25, 0.3) is 0 Å². The van der Waals surface area contributed by atoms with Crippen molar-refractivity contribution in [2.75, 3.05) is 43.0 Å². The van der Waals surface area contributed by atoms with Gasteiger partial charge in [0.2, 0.25) is 0 Å². The fraction of sp³-hybridized carbons (Fsp3) is 0.611. The molecule has 0 unspecified atom stereocenters. The Labute approximate surface area is 143 Å². The van der Waals surface area contributed by atoms with E-state index in [0.717, 1.165) is 44.5 Å². The van der Waals surface area contributed by atoms with Crippen LogP contribution in [0.15, 0.2) is 18.2 Å². The third kappa shape index (κ3) is 5.09. The van der Waals surface area contributed by atoms with E-state index in [0.29, 0.717) is 12.2 Å². The molecule has 2 rings (SSSR count). The molecule has 0 aliphatic carbocycles. The van der Waals surface area contributed by atoms with Gasteiger partial charge in [0, 0.05) is 26.2 Å². The van der Waals surface area contributed by atoms with Crippen molar-refractivity contribution >= 4 is 17.4 Å². The molecule has 0 radical (unpaired) electrons. The summed E-state index contributed by atoms with van der Waals surface area (Å²) in [5, 5.41) is 12.0. The van der Waals surface area contributed by atoms with Crippen LogP contribution in [-0.2, 0) is 0 Å². The predicted octanol–water partition coefficient (Wildman–Crippen LogP) is 3.44. The topological polar surface area (TPSA) is 55.8 Å². The summed E-state index contributed by atoms with van der Waals surface area (Å²) in [7, 11) is 0. The van der Waals surface area contributed by atoms with Gasteiger partial charge in [-0.15, -0.1) is 0 Å². The maximum Gasteiger partial charge on any atom is 0.321 e. The van der Waals surface area contributed by atoms with Crippen molar-refractivity contribution in [2.45, 2.75) is 39.0 Å². The molecule has 0 saturated carbocycles. The van der Waals surface area contributed by atoms with Gasteiger partial charge >= 0.3 is 6.03 Å². The molecule has 24 heavy (non-hydrogen) atoms. The van der Waals surface area contributed by atoms with Crippen LogP contribution in [-0.4, -0.2) is 48.8 Å². The van der Waals surface area contributed by atoms with Crippen molar-refractivity contribution in [3.05, 3.63) is 24.0 Å². The second kappa shape index (κ2) is 9.47. The molecule has 1 saturated heterocycles. The number of aliphatic hydroxyl groups excluding tert-OH is 1. The Morgan fingerprint density at radius 1 is 1.29 bits per heavy atom. The summed E-state index contributed by atoms with van der Waals surface area (Å²) in [5.74, 6) is -0.367. The number of hydrogen-bond donors (Lipinski definition) is 2. The molecule has 1 fully saturated rings. The molecular weight excluding hydrogens is 309 g/mol. The first kappa shape index (κ1) is 18.5. The molecular formula is C18H28FN3O2. The highest BCUT2D eigenvalue weighted by molar-refractivity contribution is 5.93. The van der Waals surface area contributed by atoms with Gasteiger partial charge in [-0.05, 0) is 43.9 Å². The smallest absolute Gasteiger partial charge is 0.321 e. The van der Waals surface area contributed by atoms with Gasteiger partial charge in [0.25, 0.3) is 0 Å². The van der Waals surface area contributed by atoms with Crippen molar-refractivity contribution in [3.8, 4) is 0 Å². The zero-order valence-corrected chi connectivity index (χ0v) is 14.4. The number of piperidine rings is 1. The quantitative estimate of drug-likeness (QED) is 0.801. The summed E-state index contributed by atoms with van der Waals surface area (Å²) in [6.45, 7) is 4.67. The molecule has 6 heteroatoms. The molecule has 2 N–H and O–H groups in total. The minimum atomic E-state index is -0.367. The number of rotatable bonds is 7. The molecule has 1 aromatic rings. The second-order valence-corrected chi connectivity index (χ2v) is 6.20. The largest absolute Gasteiger partial charge is 0.395 e. The van der Waals surface area contributed by atoms with Gasteiger partial charge in [0.05, 0.1) is 18.0 Å². The van der Waals surface area contributed by atoms with E-state index < -0.39 is 0 Å². The SMILES string of the molecule is CCCCN(CCO)C(=O)Nc1cc(F)ccc1N1CCCCC1. The predicted molar refractivity (Wildman–Crippen MR) is 95.0 cm³/mol. The Morgan fingerprint density at radius 2 is 2.04 bits per heavy atom. The van der Waals surface area contributed by atoms with Crippen molar-refractivity contribution < 1.29 is 14.3 Å².